The second-order valence-electron chi connectivity index (χ2n) is 6.17. The zero-order valence-corrected chi connectivity index (χ0v) is 14.0. The molecular formula is C15H26N6O2. The molecule has 23 heavy (non-hydrogen) atoms. The largest absolute Gasteiger partial charge is 0.338 e. The molecule has 1 aromatic rings. The molecule has 2 aliphatic rings. The second kappa shape index (κ2) is 7.27. The molecule has 0 spiro atoms. The fourth-order valence-electron chi connectivity index (χ4n) is 3.10. The van der Waals surface area contributed by atoms with E-state index in [4.69, 9.17) is 4.52 Å². The van der Waals surface area contributed by atoms with Crippen LogP contribution in [0.15, 0.2) is 4.52 Å². The first-order chi connectivity index (χ1) is 11.2. The minimum atomic E-state index is 0.0698. The summed E-state index contributed by atoms with van der Waals surface area (Å²) in [7, 11) is 0. The van der Waals surface area contributed by atoms with Crippen LogP contribution < -0.4 is 5.32 Å². The molecule has 2 amide bonds. The van der Waals surface area contributed by atoms with Crippen LogP contribution in [-0.4, -0.2) is 83.2 Å². The molecule has 128 valence electrons. The maximum Gasteiger partial charge on any atom is 0.317 e. The van der Waals surface area contributed by atoms with Crippen molar-refractivity contribution in [3.8, 4) is 0 Å². The Kier molecular flexibility index (Phi) is 5.12. The number of urea groups is 1. The highest BCUT2D eigenvalue weighted by Gasteiger charge is 2.26. The van der Waals surface area contributed by atoms with Crippen LogP contribution in [0.2, 0.25) is 0 Å². The van der Waals surface area contributed by atoms with Crippen molar-refractivity contribution in [2.75, 3.05) is 52.4 Å². The van der Waals surface area contributed by atoms with Crippen LogP contribution in [0.25, 0.3) is 0 Å². The second-order valence-corrected chi connectivity index (χ2v) is 6.17. The maximum absolute atomic E-state index is 11.5. The summed E-state index contributed by atoms with van der Waals surface area (Å²) in [5.74, 6) is 1.48. The van der Waals surface area contributed by atoms with Gasteiger partial charge in [-0.1, -0.05) is 12.1 Å². The van der Waals surface area contributed by atoms with Gasteiger partial charge in [0.05, 0.1) is 6.04 Å². The molecule has 0 bridgehead atoms. The van der Waals surface area contributed by atoms with Crippen molar-refractivity contribution in [1.82, 2.24) is 30.2 Å². The van der Waals surface area contributed by atoms with Gasteiger partial charge >= 0.3 is 6.03 Å². The smallest absolute Gasteiger partial charge is 0.317 e. The molecule has 8 nitrogen and oxygen atoms in total. The Morgan fingerprint density at radius 2 is 2.00 bits per heavy atom. The van der Waals surface area contributed by atoms with Crippen molar-refractivity contribution in [2.45, 2.75) is 26.3 Å². The molecule has 0 aromatic carbocycles. The van der Waals surface area contributed by atoms with Gasteiger partial charge in [0.2, 0.25) is 5.89 Å². The zero-order valence-electron chi connectivity index (χ0n) is 14.0. The maximum atomic E-state index is 11.5. The van der Waals surface area contributed by atoms with E-state index < -0.39 is 0 Å². The molecule has 8 heteroatoms. The molecule has 2 aliphatic heterocycles. The number of carbonyl (C=O) groups excluding carboxylic acids is 1. The number of amides is 2. The monoisotopic (exact) mass is 322 g/mol. The molecule has 1 atom stereocenters. The minimum Gasteiger partial charge on any atom is -0.338 e. The van der Waals surface area contributed by atoms with Crippen LogP contribution in [0.1, 0.15) is 31.6 Å². The lowest BCUT2D eigenvalue weighted by Gasteiger charge is -2.37. The molecule has 1 N–H and O–H groups in total. The number of nitrogens with zero attached hydrogens (tertiary/aromatic N) is 5. The number of aromatic nitrogens is 2. The zero-order chi connectivity index (χ0) is 16.2. The van der Waals surface area contributed by atoms with E-state index in [1.54, 1.807) is 0 Å². The summed E-state index contributed by atoms with van der Waals surface area (Å²) in [6, 6.07) is 0.231. The molecule has 1 aromatic heterocycles. The summed E-state index contributed by atoms with van der Waals surface area (Å²) in [5, 5.41) is 6.82. The first kappa shape index (κ1) is 16.2. The standard InChI is InChI=1S/C15H26N6O2/c1-3-13-17-14(23-18-13)12(2)20-9-6-19(7-10-20)8-11-21-5-4-16-15(21)22/h12H,3-11H2,1-2H3,(H,16,22)/t12-/m0/s1. The molecule has 2 fully saturated rings. The van der Waals surface area contributed by atoms with Crippen molar-refractivity contribution < 1.29 is 9.32 Å². The molecule has 0 saturated carbocycles. The van der Waals surface area contributed by atoms with E-state index in [9.17, 15) is 4.79 Å². The van der Waals surface area contributed by atoms with Gasteiger partial charge in [0.15, 0.2) is 5.82 Å². The third kappa shape index (κ3) is 3.81. The number of aryl methyl sites for hydroxylation is 1. The van der Waals surface area contributed by atoms with Gasteiger partial charge in [-0.25, -0.2) is 4.79 Å². The predicted octanol–water partition coefficient (Wildman–Crippen LogP) is 0.336. The van der Waals surface area contributed by atoms with E-state index in [2.05, 4.69) is 32.2 Å². The van der Waals surface area contributed by atoms with Crippen molar-refractivity contribution in [3.05, 3.63) is 11.7 Å². The van der Waals surface area contributed by atoms with Crippen LogP contribution in [0.5, 0.6) is 0 Å². The molecule has 2 saturated heterocycles. The quantitative estimate of drug-likeness (QED) is 0.813. The normalized spacial score (nSPS) is 21.7. The highest BCUT2D eigenvalue weighted by atomic mass is 16.5. The molecular weight excluding hydrogens is 296 g/mol. The Hall–Kier alpha value is -1.67. The van der Waals surface area contributed by atoms with E-state index in [-0.39, 0.29) is 12.1 Å². The molecule has 3 rings (SSSR count). The van der Waals surface area contributed by atoms with Crippen LogP contribution in [0, 0.1) is 0 Å². The van der Waals surface area contributed by atoms with Crippen molar-refractivity contribution >= 4 is 6.03 Å². The summed E-state index contributed by atoms with van der Waals surface area (Å²) in [5.41, 5.74) is 0. The number of hydrogen-bond acceptors (Lipinski definition) is 6. The number of nitrogens with one attached hydrogen (secondary N) is 1. The average molecular weight is 322 g/mol. The van der Waals surface area contributed by atoms with Crippen molar-refractivity contribution in [3.63, 3.8) is 0 Å². The molecule has 3 heterocycles. The summed E-state index contributed by atoms with van der Waals surface area (Å²) < 4.78 is 5.36. The summed E-state index contributed by atoms with van der Waals surface area (Å²) in [6.45, 7) is 11.5. The number of rotatable bonds is 6. The van der Waals surface area contributed by atoms with Gasteiger partial charge in [-0.05, 0) is 6.92 Å². The van der Waals surface area contributed by atoms with Gasteiger partial charge in [0.1, 0.15) is 0 Å². The lowest BCUT2D eigenvalue weighted by Crippen LogP contribution is -2.49. The van der Waals surface area contributed by atoms with E-state index >= 15 is 0 Å². The van der Waals surface area contributed by atoms with Gasteiger partial charge in [-0.2, -0.15) is 4.98 Å². The fraction of sp³-hybridized carbons (Fsp3) is 0.800. The van der Waals surface area contributed by atoms with Crippen LogP contribution >= 0.6 is 0 Å². The van der Waals surface area contributed by atoms with Crippen molar-refractivity contribution in [1.29, 1.82) is 0 Å². The Bertz CT molecular complexity index is 526. The van der Waals surface area contributed by atoms with Crippen LogP contribution in [0.3, 0.4) is 0 Å². The molecule has 0 aliphatic carbocycles. The van der Waals surface area contributed by atoms with Gasteiger partial charge < -0.3 is 14.7 Å². The summed E-state index contributed by atoms with van der Waals surface area (Å²) in [4.78, 5) is 22.7. The number of hydrogen-bond donors (Lipinski definition) is 1. The predicted molar refractivity (Wildman–Crippen MR) is 85.1 cm³/mol. The van der Waals surface area contributed by atoms with Crippen molar-refractivity contribution in [2.24, 2.45) is 0 Å². The topological polar surface area (TPSA) is 77.7 Å². The Balaban J connectivity index is 1.43. The van der Waals surface area contributed by atoms with Gasteiger partial charge in [0, 0.05) is 58.8 Å². The van der Waals surface area contributed by atoms with E-state index in [0.29, 0.717) is 5.89 Å². The number of piperazine rings is 1. The Morgan fingerprint density at radius 3 is 2.61 bits per heavy atom. The van der Waals surface area contributed by atoms with Gasteiger partial charge in [0.25, 0.3) is 0 Å². The summed E-state index contributed by atoms with van der Waals surface area (Å²) >= 11 is 0. The lowest BCUT2D eigenvalue weighted by atomic mass is 10.2. The third-order valence-corrected chi connectivity index (χ3v) is 4.74. The van der Waals surface area contributed by atoms with Gasteiger partial charge in [-0.3, -0.25) is 9.80 Å². The number of carbonyl (C=O) groups is 1. The third-order valence-electron chi connectivity index (χ3n) is 4.74. The molecule has 0 radical (unpaired) electrons. The summed E-state index contributed by atoms with van der Waals surface area (Å²) in [6.07, 6.45) is 0.800. The molecule has 0 unspecified atom stereocenters. The fourth-order valence-corrected chi connectivity index (χ4v) is 3.10. The first-order valence-electron chi connectivity index (χ1n) is 8.49. The lowest BCUT2D eigenvalue weighted by molar-refractivity contribution is 0.0846. The highest BCUT2D eigenvalue weighted by molar-refractivity contribution is 5.76. The Morgan fingerprint density at radius 1 is 1.22 bits per heavy atom. The van der Waals surface area contributed by atoms with E-state index in [1.807, 2.05) is 11.8 Å². The minimum absolute atomic E-state index is 0.0698. The van der Waals surface area contributed by atoms with Crippen LogP contribution in [0.4, 0.5) is 4.79 Å². The SMILES string of the molecule is CCc1noc([C@H](C)N2CCN(CCN3CCNC3=O)CC2)n1. The first-order valence-corrected chi connectivity index (χ1v) is 8.49. The highest BCUT2D eigenvalue weighted by Crippen LogP contribution is 2.20. The van der Waals surface area contributed by atoms with Gasteiger partial charge in [-0.15, -0.1) is 0 Å². The van der Waals surface area contributed by atoms with E-state index in [0.717, 1.165) is 64.6 Å². The van der Waals surface area contributed by atoms with E-state index in [1.165, 1.54) is 0 Å². The van der Waals surface area contributed by atoms with Crippen LogP contribution in [-0.2, 0) is 6.42 Å². The Labute approximate surface area is 136 Å². The average Bonchev–Trinajstić information content (AvgIpc) is 3.21.